The highest BCUT2D eigenvalue weighted by Crippen LogP contribution is 2.34. The highest BCUT2D eigenvalue weighted by Gasteiger charge is 2.40. The van der Waals surface area contributed by atoms with Crippen molar-refractivity contribution in [1.29, 1.82) is 0 Å². The molecule has 1 amide bonds. The molecule has 1 aliphatic rings. The molecule has 25 heavy (non-hydrogen) atoms. The highest BCUT2D eigenvalue weighted by atomic mass is 32.2. The molecule has 1 fully saturated rings. The molecule has 0 unspecified atom stereocenters. The molecule has 3 rings (SSSR count). The van der Waals surface area contributed by atoms with Gasteiger partial charge < -0.3 is 5.11 Å². The second-order valence-electron chi connectivity index (χ2n) is 5.51. The molecule has 0 radical (unpaired) electrons. The summed E-state index contributed by atoms with van der Waals surface area (Å²) in [4.78, 5) is 26.2. The maximum atomic E-state index is 12.7. The molecular formula is C19H15NO3S2. The minimum Gasteiger partial charge on any atom is -0.480 e. The number of rotatable bonds is 5. The lowest BCUT2D eigenvalue weighted by molar-refractivity contribution is -0.145. The van der Waals surface area contributed by atoms with E-state index < -0.39 is 12.0 Å². The zero-order valence-corrected chi connectivity index (χ0v) is 14.8. The van der Waals surface area contributed by atoms with Crippen molar-refractivity contribution in [3.05, 3.63) is 76.7 Å². The number of thiocarbonyl (C=S) groups is 1. The van der Waals surface area contributed by atoms with E-state index >= 15 is 0 Å². The minimum absolute atomic E-state index is 0.210. The number of nitrogens with zero attached hydrogens (tertiary/aromatic N) is 1. The van der Waals surface area contributed by atoms with Gasteiger partial charge in [0, 0.05) is 6.42 Å². The Hall–Kier alpha value is -2.44. The average molecular weight is 369 g/mol. The summed E-state index contributed by atoms with van der Waals surface area (Å²) in [6.07, 6.45) is 1.95. The quantitative estimate of drug-likeness (QED) is 0.645. The molecular weight excluding hydrogens is 354 g/mol. The summed E-state index contributed by atoms with van der Waals surface area (Å²) in [5.41, 5.74) is 1.72. The number of carbonyl (C=O) groups excluding carboxylic acids is 1. The molecule has 1 atom stereocenters. The van der Waals surface area contributed by atoms with Gasteiger partial charge in [0.15, 0.2) is 0 Å². The van der Waals surface area contributed by atoms with Gasteiger partial charge in [-0.15, -0.1) is 0 Å². The summed E-state index contributed by atoms with van der Waals surface area (Å²) in [7, 11) is 0. The first-order valence-electron chi connectivity index (χ1n) is 7.65. The molecule has 1 heterocycles. The number of amides is 1. The van der Waals surface area contributed by atoms with E-state index in [1.807, 2.05) is 60.7 Å². The van der Waals surface area contributed by atoms with Gasteiger partial charge in [-0.05, 0) is 17.2 Å². The third kappa shape index (κ3) is 3.97. The summed E-state index contributed by atoms with van der Waals surface area (Å²) >= 11 is 6.42. The summed E-state index contributed by atoms with van der Waals surface area (Å²) in [5.74, 6) is -1.43. The van der Waals surface area contributed by atoms with Crippen LogP contribution in [-0.2, 0) is 16.0 Å². The summed E-state index contributed by atoms with van der Waals surface area (Å²) in [6.45, 7) is 0. The topological polar surface area (TPSA) is 57.6 Å². The number of hydrogen-bond donors (Lipinski definition) is 1. The first-order chi connectivity index (χ1) is 12.1. The lowest BCUT2D eigenvalue weighted by Gasteiger charge is -2.23. The highest BCUT2D eigenvalue weighted by molar-refractivity contribution is 8.26. The molecule has 2 aromatic carbocycles. The van der Waals surface area contributed by atoms with Gasteiger partial charge in [0.2, 0.25) is 0 Å². The van der Waals surface area contributed by atoms with Gasteiger partial charge in [0.25, 0.3) is 5.91 Å². The van der Waals surface area contributed by atoms with Crippen LogP contribution in [-0.4, -0.2) is 32.2 Å². The molecule has 1 aliphatic heterocycles. The van der Waals surface area contributed by atoms with E-state index in [4.69, 9.17) is 12.2 Å². The lowest BCUT2D eigenvalue weighted by Crippen LogP contribution is -2.45. The Morgan fingerprint density at radius 3 is 2.32 bits per heavy atom. The third-order valence-electron chi connectivity index (χ3n) is 3.79. The number of carboxylic acid groups (broad SMARTS) is 1. The first-order valence-corrected chi connectivity index (χ1v) is 8.87. The predicted molar refractivity (Wildman–Crippen MR) is 103 cm³/mol. The Kier molecular flexibility index (Phi) is 5.31. The van der Waals surface area contributed by atoms with Crippen molar-refractivity contribution in [3.8, 4) is 0 Å². The van der Waals surface area contributed by atoms with Crippen molar-refractivity contribution in [2.45, 2.75) is 12.5 Å². The zero-order valence-electron chi connectivity index (χ0n) is 13.2. The number of benzene rings is 2. The SMILES string of the molecule is O=C(O)[C@H](Cc1ccccc1)N1C(=O)/C(=C/c2ccccc2)SC1=S. The first kappa shape index (κ1) is 17.4. The van der Waals surface area contributed by atoms with Crippen LogP contribution >= 0.6 is 24.0 Å². The van der Waals surface area contributed by atoms with Crippen LogP contribution in [0.4, 0.5) is 0 Å². The normalized spacial score (nSPS) is 17.1. The number of thioether (sulfide) groups is 1. The van der Waals surface area contributed by atoms with E-state index in [2.05, 4.69) is 0 Å². The monoisotopic (exact) mass is 369 g/mol. The third-order valence-corrected chi connectivity index (χ3v) is 5.12. The van der Waals surface area contributed by atoms with Crippen LogP contribution in [0.1, 0.15) is 11.1 Å². The maximum absolute atomic E-state index is 12.7. The molecule has 0 aromatic heterocycles. The Balaban J connectivity index is 1.87. The number of carbonyl (C=O) groups is 2. The minimum atomic E-state index is -1.07. The fourth-order valence-electron chi connectivity index (χ4n) is 2.58. The van der Waals surface area contributed by atoms with Gasteiger partial charge in [0.1, 0.15) is 10.4 Å². The summed E-state index contributed by atoms with van der Waals surface area (Å²) in [6, 6.07) is 17.6. The van der Waals surface area contributed by atoms with Gasteiger partial charge in [0.05, 0.1) is 4.91 Å². The maximum Gasteiger partial charge on any atom is 0.327 e. The fraction of sp³-hybridized carbons (Fsp3) is 0.105. The van der Waals surface area contributed by atoms with Crippen LogP contribution in [0, 0.1) is 0 Å². The van der Waals surface area contributed by atoms with Gasteiger partial charge in [-0.3, -0.25) is 9.69 Å². The van der Waals surface area contributed by atoms with Crippen molar-refractivity contribution >= 4 is 46.3 Å². The molecule has 126 valence electrons. The Morgan fingerprint density at radius 1 is 1.12 bits per heavy atom. The molecule has 4 nitrogen and oxygen atoms in total. The van der Waals surface area contributed by atoms with E-state index in [0.29, 0.717) is 4.91 Å². The second-order valence-corrected chi connectivity index (χ2v) is 7.18. The molecule has 6 heteroatoms. The molecule has 1 saturated heterocycles. The zero-order chi connectivity index (χ0) is 17.8. The molecule has 0 aliphatic carbocycles. The summed E-state index contributed by atoms with van der Waals surface area (Å²) < 4.78 is 0.274. The number of aliphatic carboxylic acids is 1. The van der Waals surface area contributed by atoms with Gasteiger partial charge in [-0.25, -0.2) is 4.79 Å². The van der Waals surface area contributed by atoms with E-state index in [1.165, 1.54) is 4.90 Å². The summed E-state index contributed by atoms with van der Waals surface area (Å²) in [5, 5.41) is 9.62. The second kappa shape index (κ2) is 7.63. The number of hydrogen-bond acceptors (Lipinski definition) is 4. The Bertz CT molecular complexity index is 834. The van der Waals surface area contributed by atoms with Crippen LogP contribution in [0.25, 0.3) is 6.08 Å². The smallest absolute Gasteiger partial charge is 0.327 e. The van der Waals surface area contributed by atoms with Crippen molar-refractivity contribution in [3.63, 3.8) is 0 Å². The van der Waals surface area contributed by atoms with Crippen molar-refractivity contribution in [1.82, 2.24) is 4.90 Å². The van der Waals surface area contributed by atoms with Crippen LogP contribution in [0.15, 0.2) is 65.6 Å². The van der Waals surface area contributed by atoms with Gasteiger partial charge in [-0.2, -0.15) is 0 Å². The Morgan fingerprint density at radius 2 is 1.72 bits per heavy atom. The predicted octanol–water partition coefficient (Wildman–Crippen LogP) is 3.58. The van der Waals surface area contributed by atoms with Crippen LogP contribution in [0.3, 0.4) is 0 Å². The molecule has 2 aromatic rings. The van der Waals surface area contributed by atoms with Gasteiger partial charge in [-0.1, -0.05) is 84.6 Å². The molecule has 1 N–H and O–H groups in total. The van der Waals surface area contributed by atoms with Crippen LogP contribution in [0.5, 0.6) is 0 Å². The molecule has 0 spiro atoms. The van der Waals surface area contributed by atoms with E-state index in [9.17, 15) is 14.7 Å². The van der Waals surface area contributed by atoms with Crippen molar-refractivity contribution < 1.29 is 14.7 Å². The standard InChI is InChI=1S/C19H15NO3S2/c21-17-16(12-14-9-5-2-6-10-14)25-19(24)20(17)15(18(22)23)11-13-7-3-1-4-8-13/h1-10,12,15H,11H2,(H,22,23)/b16-12-/t15-/m0/s1. The van der Waals surface area contributed by atoms with Crippen LogP contribution in [0.2, 0.25) is 0 Å². The largest absolute Gasteiger partial charge is 0.480 e. The average Bonchev–Trinajstić information content (AvgIpc) is 2.88. The Labute approximate surface area is 155 Å². The van der Waals surface area contributed by atoms with Crippen molar-refractivity contribution in [2.75, 3.05) is 0 Å². The number of carboxylic acids is 1. The molecule has 0 saturated carbocycles. The van der Waals surface area contributed by atoms with E-state index in [0.717, 1.165) is 22.9 Å². The lowest BCUT2D eigenvalue weighted by atomic mass is 10.0. The molecule has 0 bridgehead atoms. The van der Waals surface area contributed by atoms with E-state index in [1.54, 1.807) is 6.08 Å². The van der Waals surface area contributed by atoms with E-state index in [-0.39, 0.29) is 16.6 Å². The van der Waals surface area contributed by atoms with Gasteiger partial charge >= 0.3 is 5.97 Å². The van der Waals surface area contributed by atoms with Crippen LogP contribution < -0.4 is 0 Å². The van der Waals surface area contributed by atoms with Crippen molar-refractivity contribution in [2.24, 2.45) is 0 Å². The fourth-order valence-corrected chi connectivity index (χ4v) is 3.93.